The number of benzene rings is 1. The third-order valence-corrected chi connectivity index (χ3v) is 4.83. The largest absolute Gasteiger partial charge is 0.329 e. The maximum Gasteiger partial charge on any atom is 0.0473 e. The van der Waals surface area contributed by atoms with Gasteiger partial charge in [-0.1, -0.05) is 37.6 Å². The van der Waals surface area contributed by atoms with Crippen LogP contribution in [-0.2, 0) is 0 Å². The second kappa shape index (κ2) is 6.28. The average molecular weight is 274 g/mol. The fourth-order valence-electron chi connectivity index (χ4n) is 3.35. The predicted octanol–water partition coefficient (Wildman–Crippen LogP) is 3.82. The Morgan fingerprint density at radius 2 is 1.95 bits per heavy atom. The van der Waals surface area contributed by atoms with Gasteiger partial charge in [0, 0.05) is 12.6 Å². The van der Waals surface area contributed by atoms with Crippen LogP contribution in [0.3, 0.4) is 0 Å². The summed E-state index contributed by atoms with van der Waals surface area (Å²) < 4.78 is 0. The van der Waals surface area contributed by atoms with Gasteiger partial charge in [-0.2, -0.15) is 0 Å². The van der Waals surface area contributed by atoms with Gasteiger partial charge >= 0.3 is 0 Å². The van der Waals surface area contributed by atoms with E-state index in [2.05, 4.69) is 50.8 Å². The van der Waals surface area contributed by atoms with Gasteiger partial charge in [-0.05, 0) is 62.7 Å². The molecule has 112 valence electrons. The van der Waals surface area contributed by atoms with Crippen LogP contribution >= 0.6 is 0 Å². The summed E-state index contributed by atoms with van der Waals surface area (Å²) >= 11 is 0. The SMILES string of the molecule is Cc1ccc(C)c(C(CN)N2CCCC(C)(C)CC2)c1. The van der Waals surface area contributed by atoms with Crippen molar-refractivity contribution in [2.45, 2.75) is 53.0 Å². The molecule has 1 aliphatic rings. The molecule has 1 atom stereocenters. The second-order valence-electron chi connectivity index (χ2n) is 7.17. The summed E-state index contributed by atoms with van der Waals surface area (Å²) in [6, 6.07) is 7.12. The van der Waals surface area contributed by atoms with Crippen LogP contribution in [0.5, 0.6) is 0 Å². The highest BCUT2D eigenvalue weighted by Crippen LogP contribution is 2.33. The molecule has 0 radical (unpaired) electrons. The second-order valence-corrected chi connectivity index (χ2v) is 7.17. The molecular weight excluding hydrogens is 244 g/mol. The van der Waals surface area contributed by atoms with Gasteiger partial charge in [-0.15, -0.1) is 0 Å². The number of hydrogen-bond donors (Lipinski definition) is 1. The van der Waals surface area contributed by atoms with E-state index in [9.17, 15) is 0 Å². The monoisotopic (exact) mass is 274 g/mol. The van der Waals surface area contributed by atoms with Crippen LogP contribution < -0.4 is 5.73 Å². The van der Waals surface area contributed by atoms with E-state index < -0.39 is 0 Å². The minimum Gasteiger partial charge on any atom is -0.329 e. The van der Waals surface area contributed by atoms with Crippen molar-refractivity contribution >= 4 is 0 Å². The number of nitrogens with two attached hydrogens (primary N) is 1. The molecule has 0 bridgehead atoms. The first-order valence-electron chi connectivity index (χ1n) is 7.94. The van der Waals surface area contributed by atoms with Gasteiger partial charge < -0.3 is 5.73 Å². The first kappa shape index (κ1) is 15.5. The van der Waals surface area contributed by atoms with E-state index in [1.54, 1.807) is 0 Å². The Labute approximate surface area is 124 Å². The maximum absolute atomic E-state index is 6.13. The number of aryl methyl sites for hydroxylation is 2. The molecule has 2 nitrogen and oxygen atoms in total. The lowest BCUT2D eigenvalue weighted by atomic mass is 9.85. The van der Waals surface area contributed by atoms with Crippen molar-refractivity contribution in [3.8, 4) is 0 Å². The molecular formula is C18H30N2. The van der Waals surface area contributed by atoms with Crippen molar-refractivity contribution in [3.63, 3.8) is 0 Å². The number of rotatable bonds is 3. The van der Waals surface area contributed by atoms with Crippen LogP contribution in [0.15, 0.2) is 18.2 Å². The van der Waals surface area contributed by atoms with Gasteiger partial charge in [0.25, 0.3) is 0 Å². The fourth-order valence-corrected chi connectivity index (χ4v) is 3.35. The number of nitrogens with zero attached hydrogens (tertiary/aromatic N) is 1. The summed E-state index contributed by atoms with van der Waals surface area (Å²) in [4.78, 5) is 2.61. The van der Waals surface area contributed by atoms with Crippen LogP contribution in [0.1, 0.15) is 55.8 Å². The normalized spacial score (nSPS) is 21.4. The third kappa shape index (κ3) is 3.62. The van der Waals surface area contributed by atoms with E-state index in [0.29, 0.717) is 18.0 Å². The summed E-state index contributed by atoms with van der Waals surface area (Å²) in [6.45, 7) is 12.2. The average Bonchev–Trinajstić information content (AvgIpc) is 2.56. The molecule has 2 rings (SSSR count). The Balaban J connectivity index is 2.21. The van der Waals surface area contributed by atoms with E-state index in [4.69, 9.17) is 5.73 Å². The van der Waals surface area contributed by atoms with Gasteiger partial charge in [0.05, 0.1) is 0 Å². The van der Waals surface area contributed by atoms with Gasteiger partial charge in [-0.25, -0.2) is 0 Å². The highest BCUT2D eigenvalue weighted by molar-refractivity contribution is 5.33. The summed E-state index contributed by atoms with van der Waals surface area (Å²) in [6.07, 6.45) is 3.89. The highest BCUT2D eigenvalue weighted by Gasteiger charge is 2.27. The topological polar surface area (TPSA) is 29.3 Å². The Hall–Kier alpha value is -0.860. The van der Waals surface area contributed by atoms with Crippen molar-refractivity contribution in [3.05, 3.63) is 34.9 Å². The molecule has 1 aliphatic heterocycles. The van der Waals surface area contributed by atoms with Crippen molar-refractivity contribution in [2.24, 2.45) is 11.1 Å². The lowest BCUT2D eigenvalue weighted by Gasteiger charge is -2.32. The minimum atomic E-state index is 0.379. The van der Waals surface area contributed by atoms with Crippen LogP contribution in [0.4, 0.5) is 0 Å². The molecule has 1 unspecified atom stereocenters. The van der Waals surface area contributed by atoms with Crippen LogP contribution in [0.25, 0.3) is 0 Å². The van der Waals surface area contributed by atoms with E-state index in [1.165, 1.54) is 49.0 Å². The number of hydrogen-bond acceptors (Lipinski definition) is 2. The standard InChI is InChI=1S/C18H30N2/c1-14-6-7-15(2)16(12-14)17(13-19)20-10-5-8-18(3,4)9-11-20/h6-7,12,17H,5,8-11,13,19H2,1-4H3. The predicted molar refractivity (Wildman–Crippen MR) is 86.9 cm³/mol. The molecule has 1 aromatic carbocycles. The molecule has 0 spiro atoms. The first-order valence-corrected chi connectivity index (χ1v) is 7.94. The Morgan fingerprint density at radius 3 is 2.65 bits per heavy atom. The number of likely N-dealkylation sites (tertiary alicyclic amines) is 1. The Morgan fingerprint density at radius 1 is 1.20 bits per heavy atom. The molecule has 2 N–H and O–H groups in total. The molecule has 0 saturated carbocycles. The molecule has 0 aromatic heterocycles. The quantitative estimate of drug-likeness (QED) is 0.908. The Bertz CT molecular complexity index is 451. The van der Waals surface area contributed by atoms with Crippen LogP contribution in [0.2, 0.25) is 0 Å². The third-order valence-electron chi connectivity index (χ3n) is 4.83. The molecule has 2 heteroatoms. The Kier molecular flexibility index (Phi) is 4.87. The van der Waals surface area contributed by atoms with Crippen LogP contribution in [-0.4, -0.2) is 24.5 Å². The summed E-state index contributed by atoms with van der Waals surface area (Å²) in [5.74, 6) is 0. The fraction of sp³-hybridized carbons (Fsp3) is 0.667. The van der Waals surface area contributed by atoms with Gasteiger partial charge in [-0.3, -0.25) is 4.90 Å². The zero-order valence-electron chi connectivity index (χ0n) is 13.6. The maximum atomic E-state index is 6.13. The van der Waals surface area contributed by atoms with Crippen LogP contribution in [0, 0.1) is 19.3 Å². The lowest BCUT2D eigenvalue weighted by molar-refractivity contribution is 0.199. The van der Waals surface area contributed by atoms with E-state index in [-0.39, 0.29) is 0 Å². The highest BCUT2D eigenvalue weighted by atomic mass is 15.2. The molecule has 20 heavy (non-hydrogen) atoms. The van der Waals surface area contributed by atoms with Crippen molar-refractivity contribution in [1.82, 2.24) is 4.90 Å². The minimum absolute atomic E-state index is 0.379. The summed E-state index contributed by atoms with van der Waals surface area (Å²) in [5.41, 5.74) is 10.7. The van der Waals surface area contributed by atoms with E-state index >= 15 is 0 Å². The van der Waals surface area contributed by atoms with Crippen molar-refractivity contribution in [2.75, 3.05) is 19.6 Å². The van der Waals surface area contributed by atoms with E-state index in [1.807, 2.05) is 0 Å². The lowest BCUT2D eigenvalue weighted by Crippen LogP contribution is -2.35. The molecule has 1 heterocycles. The first-order chi connectivity index (χ1) is 9.43. The zero-order chi connectivity index (χ0) is 14.8. The molecule has 1 aromatic rings. The van der Waals surface area contributed by atoms with Crippen molar-refractivity contribution in [1.29, 1.82) is 0 Å². The summed E-state index contributed by atoms with van der Waals surface area (Å²) in [5, 5.41) is 0. The smallest absolute Gasteiger partial charge is 0.0473 e. The molecule has 0 aliphatic carbocycles. The van der Waals surface area contributed by atoms with Gasteiger partial charge in [0.1, 0.15) is 0 Å². The molecule has 0 amide bonds. The van der Waals surface area contributed by atoms with Crippen molar-refractivity contribution < 1.29 is 0 Å². The van der Waals surface area contributed by atoms with Gasteiger partial charge in [0.2, 0.25) is 0 Å². The molecule has 1 saturated heterocycles. The zero-order valence-corrected chi connectivity index (χ0v) is 13.6. The summed E-state index contributed by atoms with van der Waals surface area (Å²) in [7, 11) is 0. The molecule has 1 fully saturated rings. The van der Waals surface area contributed by atoms with E-state index in [0.717, 1.165) is 0 Å². The van der Waals surface area contributed by atoms with Gasteiger partial charge in [0.15, 0.2) is 0 Å².